The van der Waals surface area contributed by atoms with Gasteiger partial charge in [-0.15, -0.1) is 0 Å². The van der Waals surface area contributed by atoms with Gasteiger partial charge in [0.05, 0.1) is 18.0 Å². The molecule has 0 aliphatic rings. The fraction of sp³-hybridized carbons (Fsp3) is 0.381. The second-order valence-electron chi connectivity index (χ2n) is 7.31. The number of rotatable bonds is 8. The third kappa shape index (κ3) is 5.79. The van der Waals surface area contributed by atoms with Crippen molar-refractivity contribution < 1.29 is 17.6 Å². The topological polar surface area (TPSA) is 66.5 Å². The highest BCUT2D eigenvalue weighted by atomic mass is 32.2. The predicted octanol–water partition coefficient (Wildman–Crippen LogP) is 3.88. The molecule has 2 atom stereocenters. The summed E-state index contributed by atoms with van der Waals surface area (Å²) in [7, 11) is -3.75. The molecule has 0 heterocycles. The second kappa shape index (κ2) is 9.19. The van der Waals surface area contributed by atoms with E-state index >= 15 is 0 Å². The quantitative estimate of drug-likeness (QED) is 0.723. The van der Waals surface area contributed by atoms with Crippen LogP contribution in [0.3, 0.4) is 0 Å². The van der Waals surface area contributed by atoms with Crippen molar-refractivity contribution in [2.45, 2.75) is 39.3 Å². The Balaban J connectivity index is 2.29. The van der Waals surface area contributed by atoms with Crippen molar-refractivity contribution in [3.05, 3.63) is 66.0 Å². The lowest BCUT2D eigenvalue weighted by molar-refractivity contribution is -0.122. The van der Waals surface area contributed by atoms with E-state index < -0.39 is 27.8 Å². The number of sulfonamides is 1. The third-order valence-electron chi connectivity index (χ3n) is 4.40. The van der Waals surface area contributed by atoms with Crippen molar-refractivity contribution in [2.24, 2.45) is 5.92 Å². The molecule has 2 aromatic carbocycles. The van der Waals surface area contributed by atoms with Crippen LogP contribution in [0, 0.1) is 11.7 Å². The Hall–Kier alpha value is -2.41. The van der Waals surface area contributed by atoms with Gasteiger partial charge in [0.15, 0.2) is 0 Å². The molecule has 28 heavy (non-hydrogen) atoms. The van der Waals surface area contributed by atoms with Crippen LogP contribution in [-0.2, 0) is 14.8 Å². The zero-order chi connectivity index (χ0) is 20.9. The van der Waals surface area contributed by atoms with Gasteiger partial charge in [-0.2, -0.15) is 0 Å². The highest BCUT2D eigenvalue weighted by Gasteiger charge is 2.30. The second-order valence-corrected chi connectivity index (χ2v) is 9.17. The van der Waals surface area contributed by atoms with Crippen LogP contribution >= 0.6 is 0 Å². The molecule has 0 saturated heterocycles. The normalized spacial score (nSPS) is 13.8. The smallest absolute Gasteiger partial charge is 0.244 e. The van der Waals surface area contributed by atoms with Gasteiger partial charge in [-0.25, -0.2) is 12.8 Å². The maximum absolute atomic E-state index is 13.2. The number of nitrogens with one attached hydrogen (secondary N) is 1. The number of hydrogen-bond donors (Lipinski definition) is 1. The average Bonchev–Trinajstić information content (AvgIpc) is 2.62. The highest BCUT2D eigenvalue weighted by Crippen LogP contribution is 2.24. The van der Waals surface area contributed by atoms with Crippen molar-refractivity contribution in [1.82, 2.24) is 5.32 Å². The van der Waals surface area contributed by atoms with Crippen molar-refractivity contribution >= 4 is 21.6 Å². The van der Waals surface area contributed by atoms with Crippen LogP contribution in [0.25, 0.3) is 0 Å². The van der Waals surface area contributed by atoms with E-state index in [9.17, 15) is 17.6 Å². The Bertz CT molecular complexity index is 884. The Morgan fingerprint density at radius 1 is 1.04 bits per heavy atom. The molecule has 0 aliphatic carbocycles. The minimum atomic E-state index is -3.75. The summed E-state index contributed by atoms with van der Waals surface area (Å²) in [6.07, 6.45) is 1.75. The Kier molecular flexibility index (Phi) is 7.18. The van der Waals surface area contributed by atoms with Gasteiger partial charge in [-0.05, 0) is 49.1 Å². The monoisotopic (exact) mass is 406 g/mol. The maximum Gasteiger partial charge on any atom is 0.244 e. The fourth-order valence-electron chi connectivity index (χ4n) is 3.12. The molecule has 152 valence electrons. The molecule has 2 unspecified atom stereocenters. The van der Waals surface area contributed by atoms with E-state index in [1.165, 1.54) is 31.2 Å². The molecule has 1 N–H and O–H groups in total. The predicted molar refractivity (Wildman–Crippen MR) is 110 cm³/mol. The summed E-state index contributed by atoms with van der Waals surface area (Å²) < 4.78 is 39.0. The lowest BCUT2D eigenvalue weighted by atomic mass is 9.96. The van der Waals surface area contributed by atoms with Gasteiger partial charge < -0.3 is 5.32 Å². The number of anilines is 1. The van der Waals surface area contributed by atoms with Crippen LogP contribution in [0.2, 0.25) is 0 Å². The standard InChI is InChI=1S/C21H27FN2O3S/c1-15(2)14-20(17-8-6-5-7-9-17)23-21(25)16(3)24(28(4,26)27)19-12-10-18(22)11-13-19/h5-13,15-16,20H,14H2,1-4H3,(H,23,25). The molecule has 1 amide bonds. The molecule has 0 aliphatic heterocycles. The molecule has 0 saturated carbocycles. The van der Waals surface area contributed by atoms with Crippen LogP contribution in [0.1, 0.15) is 38.8 Å². The number of hydrogen-bond acceptors (Lipinski definition) is 3. The maximum atomic E-state index is 13.2. The summed E-state index contributed by atoms with van der Waals surface area (Å²) in [6, 6.07) is 13.4. The number of nitrogens with zero attached hydrogens (tertiary/aromatic N) is 1. The SMILES string of the molecule is CC(C)CC(NC(=O)C(C)N(c1ccc(F)cc1)S(C)(=O)=O)c1ccccc1. The molecule has 0 radical (unpaired) electrons. The van der Waals surface area contributed by atoms with Gasteiger partial charge in [0.25, 0.3) is 0 Å². The number of amides is 1. The minimum Gasteiger partial charge on any atom is -0.347 e. The van der Waals surface area contributed by atoms with Gasteiger partial charge in [0.1, 0.15) is 11.9 Å². The van der Waals surface area contributed by atoms with E-state index in [1.807, 2.05) is 30.3 Å². The van der Waals surface area contributed by atoms with Crippen LogP contribution in [0.15, 0.2) is 54.6 Å². The summed E-state index contributed by atoms with van der Waals surface area (Å²) in [5, 5.41) is 2.98. The number of benzene rings is 2. The molecular weight excluding hydrogens is 379 g/mol. The van der Waals surface area contributed by atoms with Crippen LogP contribution in [0.5, 0.6) is 0 Å². The Morgan fingerprint density at radius 2 is 1.61 bits per heavy atom. The summed E-state index contributed by atoms with van der Waals surface area (Å²) in [4.78, 5) is 12.9. The third-order valence-corrected chi connectivity index (χ3v) is 5.64. The molecule has 2 aromatic rings. The first-order valence-corrected chi connectivity index (χ1v) is 11.0. The Labute approximate surface area is 166 Å². The van der Waals surface area contributed by atoms with Crippen LogP contribution < -0.4 is 9.62 Å². The van der Waals surface area contributed by atoms with Crippen LogP contribution in [-0.4, -0.2) is 26.6 Å². The zero-order valence-corrected chi connectivity index (χ0v) is 17.4. The summed E-state index contributed by atoms with van der Waals surface area (Å²) in [5.41, 5.74) is 1.20. The van der Waals surface area contributed by atoms with Crippen molar-refractivity contribution in [3.8, 4) is 0 Å². The van der Waals surface area contributed by atoms with Gasteiger partial charge in [0, 0.05) is 0 Å². The van der Waals surface area contributed by atoms with E-state index in [0.717, 1.165) is 22.5 Å². The first-order chi connectivity index (χ1) is 13.1. The van der Waals surface area contributed by atoms with E-state index in [1.54, 1.807) is 0 Å². The molecule has 0 bridgehead atoms. The first kappa shape index (κ1) is 21.9. The average molecular weight is 407 g/mol. The Morgan fingerprint density at radius 3 is 2.11 bits per heavy atom. The molecule has 7 heteroatoms. The van der Waals surface area contributed by atoms with Crippen molar-refractivity contribution in [3.63, 3.8) is 0 Å². The van der Waals surface area contributed by atoms with E-state index in [0.29, 0.717) is 5.92 Å². The molecular formula is C21H27FN2O3S. The van der Waals surface area contributed by atoms with Gasteiger partial charge in [-0.1, -0.05) is 44.2 Å². The van der Waals surface area contributed by atoms with Gasteiger partial charge in [-0.3, -0.25) is 9.10 Å². The van der Waals surface area contributed by atoms with E-state index in [-0.39, 0.29) is 11.7 Å². The number of halogens is 1. The van der Waals surface area contributed by atoms with Crippen molar-refractivity contribution in [2.75, 3.05) is 10.6 Å². The fourth-order valence-corrected chi connectivity index (χ4v) is 4.30. The van der Waals surface area contributed by atoms with E-state index in [4.69, 9.17) is 0 Å². The zero-order valence-electron chi connectivity index (χ0n) is 16.6. The van der Waals surface area contributed by atoms with E-state index in [2.05, 4.69) is 19.2 Å². The first-order valence-electron chi connectivity index (χ1n) is 9.20. The lowest BCUT2D eigenvalue weighted by Gasteiger charge is -2.30. The highest BCUT2D eigenvalue weighted by molar-refractivity contribution is 7.92. The van der Waals surface area contributed by atoms with Crippen LogP contribution in [0.4, 0.5) is 10.1 Å². The van der Waals surface area contributed by atoms with Gasteiger partial charge in [0.2, 0.25) is 15.9 Å². The summed E-state index contributed by atoms with van der Waals surface area (Å²) in [6.45, 7) is 5.65. The largest absolute Gasteiger partial charge is 0.347 e. The molecule has 2 rings (SSSR count). The molecule has 0 aromatic heterocycles. The molecule has 0 spiro atoms. The lowest BCUT2D eigenvalue weighted by Crippen LogP contribution is -2.48. The number of carbonyl (C=O) groups is 1. The number of carbonyl (C=O) groups excluding carboxylic acids is 1. The summed E-state index contributed by atoms with van der Waals surface area (Å²) in [5.74, 6) is -0.552. The molecule has 5 nitrogen and oxygen atoms in total. The molecule has 0 fully saturated rings. The summed E-state index contributed by atoms with van der Waals surface area (Å²) >= 11 is 0. The minimum absolute atomic E-state index is 0.231. The van der Waals surface area contributed by atoms with Gasteiger partial charge >= 0.3 is 0 Å². The van der Waals surface area contributed by atoms with Crippen molar-refractivity contribution in [1.29, 1.82) is 0 Å².